The number of rotatable bonds is 1. The zero-order valence-corrected chi connectivity index (χ0v) is 11.0. The summed E-state index contributed by atoms with van der Waals surface area (Å²) >= 11 is 0. The molecule has 3 rings (SSSR count). The van der Waals surface area contributed by atoms with Crippen LogP contribution in [0.5, 0.6) is 0 Å². The van der Waals surface area contributed by atoms with Crippen molar-refractivity contribution in [1.29, 1.82) is 0 Å². The summed E-state index contributed by atoms with van der Waals surface area (Å²) in [6.07, 6.45) is -4.70. The number of aromatic nitrogens is 1. The number of hydrogen-bond acceptors (Lipinski definition) is 3. The number of anilines is 1. The zero-order chi connectivity index (χ0) is 15.0. The number of nitrogens with one attached hydrogen (secondary N) is 1. The minimum Gasteiger partial charge on any atom is -0.354 e. The van der Waals surface area contributed by atoms with Gasteiger partial charge in [-0.3, -0.25) is 0 Å². The number of fused-ring (bicyclic) bond motifs is 1. The fourth-order valence-electron chi connectivity index (χ4n) is 2.45. The fourth-order valence-corrected chi connectivity index (χ4v) is 2.45. The molecule has 0 amide bonds. The van der Waals surface area contributed by atoms with Crippen molar-refractivity contribution >= 4 is 16.7 Å². The van der Waals surface area contributed by atoms with Crippen molar-refractivity contribution in [3.8, 4) is 0 Å². The maximum atomic E-state index is 14.0. The molecule has 3 nitrogen and oxygen atoms in total. The average Bonchev–Trinajstić information content (AvgIpc) is 2.47. The van der Waals surface area contributed by atoms with Gasteiger partial charge in [-0.05, 0) is 24.3 Å². The Hall–Kier alpha value is -1.89. The van der Waals surface area contributed by atoms with Crippen molar-refractivity contribution in [1.82, 2.24) is 10.3 Å². The maximum absolute atomic E-state index is 14.0. The number of halogens is 4. The molecule has 1 aromatic carbocycles. The topological polar surface area (TPSA) is 28.2 Å². The molecule has 1 aliphatic heterocycles. The van der Waals surface area contributed by atoms with Crippen molar-refractivity contribution in [3.05, 3.63) is 35.6 Å². The monoisotopic (exact) mass is 299 g/mol. The minimum absolute atomic E-state index is 0.108. The summed E-state index contributed by atoms with van der Waals surface area (Å²) in [6.45, 7) is 3.17. The molecule has 0 unspecified atom stereocenters. The number of alkyl halides is 3. The van der Waals surface area contributed by atoms with E-state index in [1.54, 1.807) is 6.07 Å². The highest BCUT2D eigenvalue weighted by Crippen LogP contribution is 2.34. The third kappa shape index (κ3) is 2.65. The Morgan fingerprint density at radius 3 is 2.43 bits per heavy atom. The van der Waals surface area contributed by atoms with Gasteiger partial charge in [-0.25, -0.2) is 9.37 Å². The van der Waals surface area contributed by atoms with Gasteiger partial charge in [-0.2, -0.15) is 13.2 Å². The molecule has 2 heterocycles. The van der Waals surface area contributed by atoms with Crippen molar-refractivity contribution in [3.63, 3.8) is 0 Å². The molecule has 1 N–H and O–H groups in total. The first-order chi connectivity index (χ1) is 9.97. The molecule has 21 heavy (non-hydrogen) atoms. The lowest BCUT2D eigenvalue weighted by atomic mass is 10.1. The Kier molecular flexibility index (Phi) is 3.44. The summed E-state index contributed by atoms with van der Waals surface area (Å²) in [5.41, 5.74) is -1.02. The summed E-state index contributed by atoms with van der Waals surface area (Å²) < 4.78 is 52.0. The molecular formula is C14H13F4N3. The quantitative estimate of drug-likeness (QED) is 0.821. The number of nitrogens with zero attached hydrogens (tertiary/aromatic N) is 2. The van der Waals surface area contributed by atoms with Crippen LogP contribution in [-0.2, 0) is 6.18 Å². The minimum atomic E-state index is -4.70. The highest BCUT2D eigenvalue weighted by molar-refractivity contribution is 5.82. The SMILES string of the molecule is Fc1c(C(F)(F)F)ccc2nc(N3CCNCC3)ccc12. The van der Waals surface area contributed by atoms with E-state index in [0.717, 1.165) is 32.2 Å². The molecule has 0 atom stereocenters. The van der Waals surface area contributed by atoms with E-state index in [4.69, 9.17) is 0 Å². The van der Waals surface area contributed by atoms with Gasteiger partial charge >= 0.3 is 6.18 Å². The molecule has 7 heteroatoms. The van der Waals surface area contributed by atoms with Crippen LogP contribution in [0.3, 0.4) is 0 Å². The molecule has 1 fully saturated rings. The second-order valence-electron chi connectivity index (χ2n) is 4.90. The van der Waals surface area contributed by atoms with E-state index >= 15 is 0 Å². The van der Waals surface area contributed by atoms with Crippen LogP contribution < -0.4 is 10.2 Å². The van der Waals surface area contributed by atoms with Crippen molar-refractivity contribution in [2.45, 2.75) is 6.18 Å². The summed E-state index contributed by atoms with van der Waals surface area (Å²) in [5, 5.41) is 3.09. The van der Waals surface area contributed by atoms with E-state index in [-0.39, 0.29) is 10.9 Å². The van der Waals surface area contributed by atoms with Gasteiger partial charge in [0, 0.05) is 31.6 Å². The Labute approximate surface area is 118 Å². The standard InChI is InChI=1S/C14H13F4N3/c15-13-9-1-4-12(21-7-5-19-6-8-21)20-11(9)3-2-10(13)14(16,17)18/h1-4,19H,5-8H2. The van der Waals surface area contributed by atoms with E-state index in [0.29, 0.717) is 5.82 Å². The molecule has 0 spiro atoms. The third-order valence-corrected chi connectivity index (χ3v) is 3.54. The Morgan fingerprint density at radius 1 is 1.05 bits per heavy atom. The number of hydrogen-bond donors (Lipinski definition) is 1. The molecule has 0 saturated carbocycles. The van der Waals surface area contributed by atoms with Gasteiger partial charge in [0.25, 0.3) is 0 Å². The van der Waals surface area contributed by atoms with Crippen LogP contribution in [-0.4, -0.2) is 31.2 Å². The molecule has 0 aliphatic carbocycles. The molecule has 1 saturated heterocycles. The van der Waals surface area contributed by atoms with Crippen molar-refractivity contribution in [2.75, 3.05) is 31.1 Å². The Balaban J connectivity index is 2.03. The molecule has 0 radical (unpaired) electrons. The summed E-state index contributed by atoms with van der Waals surface area (Å²) in [7, 11) is 0. The number of piperazine rings is 1. The van der Waals surface area contributed by atoms with Crippen molar-refractivity contribution in [2.24, 2.45) is 0 Å². The lowest BCUT2D eigenvalue weighted by Gasteiger charge is -2.28. The predicted molar refractivity (Wildman–Crippen MR) is 71.8 cm³/mol. The largest absolute Gasteiger partial charge is 0.419 e. The molecule has 112 valence electrons. The number of benzene rings is 1. The number of pyridine rings is 1. The van der Waals surface area contributed by atoms with E-state index < -0.39 is 17.6 Å². The lowest BCUT2D eigenvalue weighted by molar-refractivity contribution is -0.139. The smallest absolute Gasteiger partial charge is 0.354 e. The second kappa shape index (κ2) is 5.14. The zero-order valence-electron chi connectivity index (χ0n) is 11.0. The van der Waals surface area contributed by atoms with Gasteiger partial charge in [0.1, 0.15) is 11.6 Å². The van der Waals surface area contributed by atoms with E-state index in [1.165, 1.54) is 12.1 Å². The summed E-state index contributed by atoms with van der Waals surface area (Å²) in [5.74, 6) is -0.609. The maximum Gasteiger partial charge on any atom is 0.419 e. The fraction of sp³-hybridized carbons (Fsp3) is 0.357. The lowest BCUT2D eigenvalue weighted by Crippen LogP contribution is -2.43. The second-order valence-corrected chi connectivity index (χ2v) is 4.90. The van der Waals surface area contributed by atoms with Crippen LogP contribution in [0, 0.1) is 5.82 Å². The van der Waals surface area contributed by atoms with E-state index in [1.807, 2.05) is 4.90 Å². The van der Waals surface area contributed by atoms with Gasteiger partial charge in [-0.1, -0.05) is 0 Å². The highest BCUT2D eigenvalue weighted by Gasteiger charge is 2.34. The van der Waals surface area contributed by atoms with Crippen LogP contribution in [0.4, 0.5) is 23.4 Å². The molecule has 2 aromatic rings. The van der Waals surface area contributed by atoms with E-state index in [9.17, 15) is 17.6 Å². The first kappa shape index (κ1) is 14.1. The van der Waals surface area contributed by atoms with Gasteiger partial charge in [0.15, 0.2) is 0 Å². The molecule has 1 aromatic heterocycles. The molecule has 0 bridgehead atoms. The third-order valence-electron chi connectivity index (χ3n) is 3.54. The first-order valence-corrected chi connectivity index (χ1v) is 6.59. The van der Waals surface area contributed by atoms with E-state index in [2.05, 4.69) is 10.3 Å². The Morgan fingerprint density at radius 2 is 1.76 bits per heavy atom. The van der Waals surface area contributed by atoms with Crippen LogP contribution in [0.15, 0.2) is 24.3 Å². The normalized spacial score (nSPS) is 16.5. The highest BCUT2D eigenvalue weighted by atomic mass is 19.4. The van der Waals surface area contributed by atoms with Crippen LogP contribution >= 0.6 is 0 Å². The molecule has 1 aliphatic rings. The van der Waals surface area contributed by atoms with Gasteiger partial charge < -0.3 is 10.2 Å². The first-order valence-electron chi connectivity index (χ1n) is 6.59. The van der Waals surface area contributed by atoms with Crippen LogP contribution in [0.25, 0.3) is 10.9 Å². The predicted octanol–water partition coefficient (Wildman–Crippen LogP) is 2.80. The van der Waals surface area contributed by atoms with Gasteiger partial charge in [0.2, 0.25) is 0 Å². The molecular weight excluding hydrogens is 286 g/mol. The Bertz CT molecular complexity index is 663. The average molecular weight is 299 g/mol. The summed E-state index contributed by atoms with van der Waals surface area (Å²) in [4.78, 5) is 6.29. The van der Waals surface area contributed by atoms with Gasteiger partial charge in [-0.15, -0.1) is 0 Å². The van der Waals surface area contributed by atoms with Crippen molar-refractivity contribution < 1.29 is 17.6 Å². The van der Waals surface area contributed by atoms with Gasteiger partial charge in [0.05, 0.1) is 11.1 Å². The van der Waals surface area contributed by atoms with Crippen LogP contribution in [0.1, 0.15) is 5.56 Å². The van der Waals surface area contributed by atoms with Crippen LogP contribution in [0.2, 0.25) is 0 Å². The summed E-state index contributed by atoms with van der Waals surface area (Å²) in [6, 6.07) is 4.89.